The van der Waals surface area contributed by atoms with Crippen LogP contribution in [0.1, 0.15) is 6.92 Å². The van der Waals surface area contributed by atoms with Crippen LogP contribution in [-0.4, -0.2) is 16.2 Å². The fourth-order valence-corrected chi connectivity index (χ4v) is 1.58. The first-order valence-corrected chi connectivity index (χ1v) is 3.41. The fourth-order valence-electron chi connectivity index (χ4n) is 0.418. The summed E-state index contributed by atoms with van der Waals surface area (Å²) in [5, 5.41) is 0.576. The van der Waals surface area contributed by atoms with Crippen LogP contribution in [0.25, 0.3) is 0 Å². The first-order chi connectivity index (χ1) is 3.29. The van der Waals surface area contributed by atoms with Crippen molar-refractivity contribution in [2.75, 3.05) is 6.61 Å². The molecule has 1 aliphatic rings. The highest BCUT2D eigenvalue weighted by Crippen LogP contribution is 2.21. The molecule has 1 rings (SSSR count). The van der Waals surface area contributed by atoms with Crippen molar-refractivity contribution in [3.8, 4) is 0 Å². The van der Waals surface area contributed by atoms with E-state index in [-0.39, 0.29) is 0 Å². The van der Waals surface area contributed by atoms with Crippen LogP contribution in [0, 0.1) is 0 Å². The Morgan fingerprint density at radius 1 is 2.00 bits per heavy atom. The molecule has 1 saturated heterocycles. The van der Waals surface area contributed by atoms with Crippen molar-refractivity contribution in [1.82, 2.24) is 0 Å². The summed E-state index contributed by atoms with van der Waals surface area (Å²) in [5.41, 5.74) is 0. The monoisotopic (exact) mass is 134 g/mol. The molecule has 40 valence electrons. The van der Waals surface area contributed by atoms with E-state index < -0.39 is 0 Å². The van der Waals surface area contributed by atoms with Crippen LogP contribution >= 0.6 is 24.0 Å². The zero-order chi connectivity index (χ0) is 5.28. The predicted molar refractivity (Wildman–Crippen MR) is 35.6 cm³/mol. The van der Waals surface area contributed by atoms with E-state index in [0.717, 1.165) is 6.61 Å². The van der Waals surface area contributed by atoms with Crippen molar-refractivity contribution in [3.63, 3.8) is 0 Å². The average molecular weight is 134 g/mol. The van der Waals surface area contributed by atoms with Crippen LogP contribution in [0.3, 0.4) is 0 Å². The van der Waals surface area contributed by atoms with Crippen LogP contribution in [0.2, 0.25) is 0 Å². The lowest BCUT2D eigenvalue weighted by molar-refractivity contribution is 0.340. The molecule has 0 saturated carbocycles. The minimum Gasteiger partial charge on any atom is -0.477 e. The van der Waals surface area contributed by atoms with Gasteiger partial charge in [0.25, 0.3) is 0 Å². The second kappa shape index (κ2) is 2.01. The van der Waals surface area contributed by atoms with Crippen molar-refractivity contribution in [1.29, 1.82) is 0 Å². The number of rotatable bonds is 0. The van der Waals surface area contributed by atoms with Crippen molar-refractivity contribution >= 4 is 28.4 Å². The third-order valence-electron chi connectivity index (χ3n) is 0.733. The summed E-state index contributed by atoms with van der Waals surface area (Å²) >= 11 is 6.37. The van der Waals surface area contributed by atoms with Gasteiger partial charge in [-0.15, -0.1) is 0 Å². The molecule has 0 bridgehead atoms. The zero-order valence-electron chi connectivity index (χ0n) is 4.01. The summed E-state index contributed by atoms with van der Waals surface area (Å²) in [7, 11) is 0. The molecule has 0 aromatic heterocycles. The van der Waals surface area contributed by atoms with E-state index in [9.17, 15) is 0 Å². The molecule has 7 heavy (non-hydrogen) atoms. The van der Waals surface area contributed by atoms with Gasteiger partial charge in [0.05, 0.1) is 0 Å². The van der Waals surface area contributed by atoms with E-state index in [1.807, 2.05) is 0 Å². The number of thioether (sulfide) groups is 1. The van der Waals surface area contributed by atoms with Gasteiger partial charge in [0.2, 0.25) is 4.38 Å². The molecule has 0 spiro atoms. The molecule has 1 aliphatic heterocycles. The summed E-state index contributed by atoms with van der Waals surface area (Å²) in [6.07, 6.45) is 0. The number of ether oxygens (including phenoxy) is 1. The maximum atomic E-state index is 4.96. The molecule has 1 heterocycles. The Labute approximate surface area is 52.4 Å². The summed E-state index contributed by atoms with van der Waals surface area (Å²) in [6, 6.07) is 0. The lowest BCUT2D eigenvalue weighted by atomic mass is 10.5. The Morgan fingerprint density at radius 3 is 2.86 bits per heavy atom. The predicted octanol–water partition coefficient (Wildman–Crippen LogP) is 1.42. The summed E-state index contributed by atoms with van der Waals surface area (Å²) in [5.74, 6) is 0. The second-order valence-electron chi connectivity index (χ2n) is 1.49. The molecule has 1 atom stereocenters. The SMILES string of the molecule is CC1COC(=S)S1. The normalized spacial score (nSPS) is 30.4. The van der Waals surface area contributed by atoms with Crippen LogP contribution in [0.15, 0.2) is 0 Å². The molecule has 1 unspecified atom stereocenters. The summed E-state index contributed by atoms with van der Waals surface area (Å²) in [6.45, 7) is 2.90. The smallest absolute Gasteiger partial charge is 0.220 e. The Hall–Kier alpha value is 0.240. The lowest BCUT2D eigenvalue weighted by Gasteiger charge is -1.87. The molecule has 0 aliphatic carbocycles. The summed E-state index contributed by atoms with van der Waals surface area (Å²) < 4.78 is 5.66. The van der Waals surface area contributed by atoms with Gasteiger partial charge in [-0.3, -0.25) is 0 Å². The molecule has 0 amide bonds. The molecule has 3 heteroatoms. The Morgan fingerprint density at radius 2 is 2.71 bits per heavy atom. The van der Waals surface area contributed by atoms with Crippen LogP contribution < -0.4 is 0 Å². The summed E-state index contributed by atoms with van der Waals surface area (Å²) in [4.78, 5) is 0. The van der Waals surface area contributed by atoms with Gasteiger partial charge in [0.15, 0.2) is 0 Å². The largest absolute Gasteiger partial charge is 0.477 e. The Balaban J connectivity index is 2.40. The Kier molecular flexibility index (Phi) is 1.54. The molecule has 0 aromatic rings. The van der Waals surface area contributed by atoms with Crippen LogP contribution in [0.5, 0.6) is 0 Å². The van der Waals surface area contributed by atoms with Gasteiger partial charge in [-0.25, -0.2) is 0 Å². The molecule has 0 N–H and O–H groups in total. The molecule has 0 radical (unpaired) electrons. The third-order valence-corrected chi connectivity index (χ3v) is 1.99. The van der Waals surface area contributed by atoms with Crippen molar-refractivity contribution < 1.29 is 4.74 Å². The molecular weight excluding hydrogens is 128 g/mol. The van der Waals surface area contributed by atoms with E-state index in [1.165, 1.54) is 0 Å². The molecule has 1 fully saturated rings. The minimum atomic E-state index is 0.576. The topological polar surface area (TPSA) is 9.23 Å². The minimum absolute atomic E-state index is 0.576. The average Bonchev–Trinajstić information content (AvgIpc) is 1.87. The van der Waals surface area contributed by atoms with Gasteiger partial charge >= 0.3 is 0 Å². The molecular formula is C4H6OS2. The first kappa shape index (κ1) is 5.38. The maximum absolute atomic E-state index is 4.96. The van der Waals surface area contributed by atoms with Gasteiger partial charge in [-0.05, 0) is 19.1 Å². The standard InChI is InChI=1S/C4H6OS2/c1-3-2-5-4(6)7-3/h3H,2H2,1H3. The Bertz CT molecular complexity index is 91.7. The second-order valence-corrected chi connectivity index (χ2v) is 3.53. The third kappa shape index (κ3) is 1.31. The van der Waals surface area contributed by atoms with Gasteiger partial charge in [-0.2, -0.15) is 0 Å². The van der Waals surface area contributed by atoms with Gasteiger partial charge < -0.3 is 4.74 Å². The van der Waals surface area contributed by atoms with Crippen LogP contribution in [-0.2, 0) is 4.74 Å². The van der Waals surface area contributed by atoms with Crippen molar-refractivity contribution in [2.45, 2.75) is 12.2 Å². The maximum Gasteiger partial charge on any atom is 0.220 e. The van der Waals surface area contributed by atoms with Crippen LogP contribution in [0.4, 0.5) is 0 Å². The van der Waals surface area contributed by atoms with E-state index in [0.29, 0.717) is 9.63 Å². The van der Waals surface area contributed by atoms with Gasteiger partial charge in [0, 0.05) is 5.25 Å². The van der Waals surface area contributed by atoms with E-state index in [2.05, 4.69) is 6.92 Å². The van der Waals surface area contributed by atoms with Crippen molar-refractivity contribution in [2.24, 2.45) is 0 Å². The molecule has 0 aromatic carbocycles. The van der Waals surface area contributed by atoms with Gasteiger partial charge in [-0.1, -0.05) is 11.8 Å². The van der Waals surface area contributed by atoms with E-state index >= 15 is 0 Å². The number of thiocarbonyl (C=S) groups is 1. The highest BCUT2D eigenvalue weighted by molar-refractivity contribution is 8.23. The van der Waals surface area contributed by atoms with E-state index in [4.69, 9.17) is 17.0 Å². The first-order valence-electron chi connectivity index (χ1n) is 2.12. The molecule has 1 nitrogen and oxygen atoms in total. The zero-order valence-corrected chi connectivity index (χ0v) is 5.64. The highest BCUT2D eigenvalue weighted by Gasteiger charge is 2.15. The van der Waals surface area contributed by atoms with Crippen molar-refractivity contribution in [3.05, 3.63) is 0 Å². The van der Waals surface area contributed by atoms with Gasteiger partial charge in [0.1, 0.15) is 6.61 Å². The quantitative estimate of drug-likeness (QED) is 0.464. The number of hydrogen-bond donors (Lipinski definition) is 0. The lowest BCUT2D eigenvalue weighted by Crippen LogP contribution is -1.93. The number of hydrogen-bond acceptors (Lipinski definition) is 3. The van der Waals surface area contributed by atoms with E-state index in [1.54, 1.807) is 11.8 Å². The highest BCUT2D eigenvalue weighted by atomic mass is 32.2. The fraction of sp³-hybridized carbons (Fsp3) is 0.750.